The van der Waals surface area contributed by atoms with E-state index in [2.05, 4.69) is 11.0 Å². The van der Waals surface area contributed by atoms with Crippen molar-refractivity contribution in [2.24, 2.45) is 5.73 Å². The molecule has 0 bridgehead atoms. The molecule has 1 saturated heterocycles. The van der Waals surface area contributed by atoms with Crippen molar-refractivity contribution in [2.75, 3.05) is 18.0 Å². The second kappa shape index (κ2) is 6.65. The van der Waals surface area contributed by atoms with E-state index >= 15 is 0 Å². The lowest BCUT2D eigenvalue weighted by atomic mass is 9.83. The number of non-ortho nitro benzene ring substituents is 1. The van der Waals surface area contributed by atoms with Crippen LogP contribution in [0.2, 0.25) is 0 Å². The number of nitro benzene ring substituents is 1. The SMILES string of the molecule is N#CC1=C(N)Oc2cc(N3CCCC3)ccc2C1c1ccc([N+](=O)[O-])cc1. The van der Waals surface area contributed by atoms with Gasteiger partial charge in [0.2, 0.25) is 5.88 Å². The lowest BCUT2D eigenvalue weighted by Gasteiger charge is -2.28. The summed E-state index contributed by atoms with van der Waals surface area (Å²) in [6.07, 6.45) is 2.34. The van der Waals surface area contributed by atoms with E-state index in [-0.39, 0.29) is 11.6 Å². The fourth-order valence-corrected chi connectivity index (χ4v) is 3.75. The molecule has 27 heavy (non-hydrogen) atoms. The van der Waals surface area contributed by atoms with E-state index in [1.54, 1.807) is 12.1 Å². The highest BCUT2D eigenvalue weighted by Gasteiger charge is 2.31. The van der Waals surface area contributed by atoms with Crippen LogP contribution in [0.15, 0.2) is 53.9 Å². The second-order valence-corrected chi connectivity index (χ2v) is 6.69. The average molecular weight is 362 g/mol. The average Bonchev–Trinajstić information content (AvgIpc) is 3.21. The van der Waals surface area contributed by atoms with Gasteiger partial charge in [-0.05, 0) is 24.5 Å². The number of fused-ring (bicyclic) bond motifs is 1. The van der Waals surface area contributed by atoms with Crippen LogP contribution in [0.1, 0.15) is 29.9 Å². The van der Waals surface area contributed by atoms with E-state index < -0.39 is 10.8 Å². The molecule has 2 N–H and O–H groups in total. The molecule has 0 saturated carbocycles. The minimum atomic E-state index is -0.445. The molecule has 0 aliphatic carbocycles. The molecule has 2 heterocycles. The molecular formula is C20H18N4O3. The first-order chi connectivity index (χ1) is 13.1. The van der Waals surface area contributed by atoms with E-state index in [1.165, 1.54) is 25.0 Å². The summed E-state index contributed by atoms with van der Waals surface area (Å²) >= 11 is 0. The highest BCUT2D eigenvalue weighted by atomic mass is 16.6. The number of hydrogen-bond acceptors (Lipinski definition) is 6. The number of benzene rings is 2. The first-order valence-electron chi connectivity index (χ1n) is 8.79. The van der Waals surface area contributed by atoms with Gasteiger partial charge in [0.1, 0.15) is 17.4 Å². The monoisotopic (exact) mass is 362 g/mol. The van der Waals surface area contributed by atoms with Crippen molar-refractivity contribution in [2.45, 2.75) is 18.8 Å². The Kier molecular flexibility index (Phi) is 4.16. The predicted molar refractivity (Wildman–Crippen MR) is 100 cm³/mol. The fourth-order valence-electron chi connectivity index (χ4n) is 3.75. The van der Waals surface area contributed by atoms with Crippen molar-refractivity contribution in [3.05, 3.63) is 75.2 Å². The van der Waals surface area contributed by atoms with Crippen molar-refractivity contribution in [1.29, 1.82) is 5.26 Å². The van der Waals surface area contributed by atoms with Gasteiger partial charge in [-0.1, -0.05) is 18.2 Å². The summed E-state index contributed by atoms with van der Waals surface area (Å²) in [5.74, 6) is 0.290. The molecule has 0 amide bonds. The minimum Gasteiger partial charge on any atom is -0.440 e. The zero-order chi connectivity index (χ0) is 19.0. The lowest BCUT2D eigenvalue weighted by molar-refractivity contribution is -0.384. The number of nitro groups is 1. The first-order valence-corrected chi connectivity index (χ1v) is 8.79. The molecule has 2 aliphatic rings. The van der Waals surface area contributed by atoms with Crippen molar-refractivity contribution in [3.8, 4) is 11.8 Å². The molecular weight excluding hydrogens is 344 g/mol. The van der Waals surface area contributed by atoms with Crippen LogP contribution in [0, 0.1) is 21.4 Å². The van der Waals surface area contributed by atoms with Gasteiger partial charge in [0, 0.05) is 42.5 Å². The molecule has 4 rings (SSSR count). The summed E-state index contributed by atoms with van der Waals surface area (Å²) in [6, 6.07) is 14.3. The van der Waals surface area contributed by atoms with Crippen molar-refractivity contribution >= 4 is 11.4 Å². The molecule has 0 aromatic heterocycles. The van der Waals surface area contributed by atoms with E-state index in [0.29, 0.717) is 11.3 Å². The van der Waals surface area contributed by atoms with Crippen LogP contribution in [0.5, 0.6) is 5.75 Å². The Morgan fingerprint density at radius 2 is 1.89 bits per heavy atom. The summed E-state index contributed by atoms with van der Waals surface area (Å²) in [4.78, 5) is 12.8. The Morgan fingerprint density at radius 3 is 2.52 bits per heavy atom. The normalized spacial score (nSPS) is 18.6. The van der Waals surface area contributed by atoms with Gasteiger partial charge in [0.25, 0.3) is 5.69 Å². The van der Waals surface area contributed by atoms with E-state index in [9.17, 15) is 15.4 Å². The van der Waals surface area contributed by atoms with Gasteiger partial charge >= 0.3 is 0 Å². The van der Waals surface area contributed by atoms with Crippen LogP contribution in [0.25, 0.3) is 0 Å². The third kappa shape index (κ3) is 2.95. The van der Waals surface area contributed by atoms with Gasteiger partial charge < -0.3 is 15.4 Å². The Bertz CT molecular complexity index is 970. The van der Waals surface area contributed by atoms with E-state index in [1.807, 2.05) is 18.2 Å². The first kappa shape index (κ1) is 16.9. The van der Waals surface area contributed by atoms with Gasteiger partial charge in [-0.2, -0.15) is 5.26 Å². The molecule has 0 radical (unpaired) electrons. The maximum absolute atomic E-state index is 10.9. The Morgan fingerprint density at radius 1 is 1.19 bits per heavy atom. The zero-order valence-corrected chi connectivity index (χ0v) is 14.6. The number of rotatable bonds is 3. The topological polar surface area (TPSA) is 105 Å². The molecule has 136 valence electrons. The number of nitriles is 1. The summed E-state index contributed by atoms with van der Waals surface area (Å²) in [7, 11) is 0. The number of allylic oxidation sites excluding steroid dienone is 1. The van der Waals surface area contributed by atoms with Gasteiger partial charge in [0.05, 0.1) is 10.8 Å². The van der Waals surface area contributed by atoms with Gasteiger partial charge in [-0.25, -0.2) is 0 Å². The molecule has 7 nitrogen and oxygen atoms in total. The Labute approximate surface area is 156 Å². The Balaban J connectivity index is 1.78. The highest BCUT2D eigenvalue weighted by Crippen LogP contribution is 2.43. The van der Waals surface area contributed by atoms with Crippen molar-refractivity contribution in [1.82, 2.24) is 0 Å². The lowest BCUT2D eigenvalue weighted by Crippen LogP contribution is -2.22. The third-order valence-corrected chi connectivity index (χ3v) is 5.11. The van der Waals surface area contributed by atoms with Crippen LogP contribution in [0.3, 0.4) is 0 Å². The number of hydrogen-bond donors (Lipinski definition) is 1. The van der Waals surface area contributed by atoms with Gasteiger partial charge in [0.15, 0.2) is 0 Å². The zero-order valence-electron chi connectivity index (χ0n) is 14.6. The number of ether oxygens (including phenoxy) is 1. The number of nitrogens with two attached hydrogens (primary N) is 1. The Hall–Kier alpha value is -3.53. The maximum Gasteiger partial charge on any atom is 0.269 e. The molecule has 2 aromatic carbocycles. The second-order valence-electron chi connectivity index (χ2n) is 6.69. The van der Waals surface area contributed by atoms with Crippen LogP contribution in [-0.4, -0.2) is 18.0 Å². The summed E-state index contributed by atoms with van der Waals surface area (Å²) in [5, 5.41) is 20.5. The van der Waals surface area contributed by atoms with Gasteiger partial charge in [-0.3, -0.25) is 10.1 Å². The summed E-state index contributed by atoms with van der Waals surface area (Å²) in [5.41, 5.74) is 9.01. The predicted octanol–water partition coefficient (Wildman–Crippen LogP) is 3.41. The van der Waals surface area contributed by atoms with E-state index in [0.717, 1.165) is 29.9 Å². The minimum absolute atomic E-state index is 0.00544. The van der Waals surface area contributed by atoms with Gasteiger partial charge in [-0.15, -0.1) is 0 Å². The standard InChI is InChI=1S/C20H18N4O3/c21-12-17-19(13-3-5-14(6-4-13)24(25)26)16-8-7-15(23-9-1-2-10-23)11-18(16)27-20(17)22/h3-8,11,19H,1-2,9-10,22H2. The van der Waals surface area contributed by atoms with Crippen molar-refractivity contribution in [3.63, 3.8) is 0 Å². The van der Waals surface area contributed by atoms with Crippen molar-refractivity contribution < 1.29 is 9.66 Å². The van der Waals surface area contributed by atoms with Crippen LogP contribution in [-0.2, 0) is 0 Å². The molecule has 1 unspecified atom stereocenters. The van der Waals surface area contributed by atoms with Crippen LogP contribution >= 0.6 is 0 Å². The number of nitrogens with zero attached hydrogens (tertiary/aromatic N) is 3. The summed E-state index contributed by atoms with van der Waals surface area (Å²) in [6.45, 7) is 2.03. The molecule has 7 heteroatoms. The molecule has 2 aliphatic heterocycles. The number of anilines is 1. The molecule has 1 atom stereocenters. The highest BCUT2D eigenvalue weighted by molar-refractivity contribution is 5.62. The largest absolute Gasteiger partial charge is 0.440 e. The van der Waals surface area contributed by atoms with Crippen LogP contribution in [0.4, 0.5) is 11.4 Å². The maximum atomic E-state index is 10.9. The van der Waals surface area contributed by atoms with E-state index in [4.69, 9.17) is 10.5 Å². The fraction of sp³-hybridized carbons (Fsp3) is 0.250. The third-order valence-electron chi connectivity index (χ3n) is 5.11. The molecule has 2 aromatic rings. The smallest absolute Gasteiger partial charge is 0.269 e. The summed E-state index contributed by atoms with van der Waals surface area (Å²) < 4.78 is 5.75. The molecule has 1 fully saturated rings. The van der Waals surface area contributed by atoms with Crippen LogP contribution < -0.4 is 15.4 Å². The quantitative estimate of drug-likeness (QED) is 0.662. The molecule has 0 spiro atoms.